The van der Waals surface area contributed by atoms with Crippen LogP contribution in [0.3, 0.4) is 0 Å². The number of non-ortho nitro benzene ring substituents is 1. The molecule has 0 spiro atoms. The number of nitro benzene ring substituents is 1. The molecule has 0 radical (unpaired) electrons. The van der Waals surface area contributed by atoms with Crippen molar-refractivity contribution < 1.29 is 43.6 Å². The molecule has 0 aliphatic carbocycles. The Morgan fingerprint density at radius 3 is 2.11 bits per heavy atom. The number of carboxylic acid groups (broad SMARTS) is 1. The molecule has 1 fully saturated rings. The molecule has 2 rings (SSSR count). The summed E-state index contributed by atoms with van der Waals surface area (Å²) < 4.78 is 0. The maximum atomic E-state index is 13.5. The molecule has 0 aromatic heterocycles. The molecule has 4 atom stereocenters. The van der Waals surface area contributed by atoms with Crippen molar-refractivity contribution in [1.29, 1.82) is 0 Å². The second-order valence-corrected chi connectivity index (χ2v) is 12.9. The van der Waals surface area contributed by atoms with Crippen molar-refractivity contribution in [3.05, 3.63) is 34.4 Å². The number of carbonyl (C=O) groups excluding carboxylic acids is 6. The van der Waals surface area contributed by atoms with Gasteiger partial charge in [0, 0.05) is 50.3 Å². The van der Waals surface area contributed by atoms with Crippen LogP contribution in [0.1, 0.15) is 78.1 Å². The summed E-state index contributed by atoms with van der Waals surface area (Å²) in [6, 6.07) is 1.48. The molecule has 1 aromatic carbocycles. The third-order valence-electron chi connectivity index (χ3n) is 8.73. The van der Waals surface area contributed by atoms with Crippen molar-refractivity contribution in [2.24, 2.45) is 22.4 Å². The zero-order valence-electron chi connectivity index (χ0n) is 30.6. The number of nitrogens with one attached hydrogen (secondary N) is 5. The number of amides is 6. The minimum Gasteiger partial charge on any atom is -0.481 e. The number of piperidine rings is 1. The molecule has 6 amide bonds. The third-order valence-corrected chi connectivity index (χ3v) is 8.73. The molecule has 1 aromatic rings. The number of hydrogen-bond acceptors (Lipinski definition) is 10. The third kappa shape index (κ3) is 16.2. The second-order valence-electron chi connectivity index (χ2n) is 12.9. The first-order valence-corrected chi connectivity index (χ1v) is 17.9. The van der Waals surface area contributed by atoms with Gasteiger partial charge in [0.2, 0.25) is 35.4 Å². The Bertz CT molecular complexity index is 1510. The fraction of sp³-hybridized carbons (Fsp3) is 0.588. The lowest BCUT2D eigenvalue weighted by Gasteiger charge is -2.28. The molecule has 20 nitrogen and oxygen atoms in total. The predicted octanol–water partition coefficient (Wildman–Crippen LogP) is -0.139. The van der Waals surface area contributed by atoms with E-state index < -0.39 is 77.4 Å². The lowest BCUT2D eigenvalue weighted by atomic mass is 9.97. The van der Waals surface area contributed by atoms with Gasteiger partial charge in [0.15, 0.2) is 5.96 Å². The summed E-state index contributed by atoms with van der Waals surface area (Å²) in [6.07, 6.45) is 2.46. The number of nitrogens with zero attached hydrogens (tertiary/aromatic N) is 3. The number of likely N-dealkylation sites (tertiary alicyclic amines) is 1. The number of rotatable bonds is 22. The van der Waals surface area contributed by atoms with Gasteiger partial charge in [-0.25, -0.2) is 0 Å². The maximum absolute atomic E-state index is 13.5. The fourth-order valence-corrected chi connectivity index (χ4v) is 5.47. The Labute approximate surface area is 312 Å². The minimum atomic E-state index is -1.30. The van der Waals surface area contributed by atoms with Gasteiger partial charge in [-0.1, -0.05) is 20.3 Å². The van der Waals surface area contributed by atoms with Crippen LogP contribution in [0, 0.1) is 16.0 Å². The van der Waals surface area contributed by atoms with Crippen LogP contribution in [0.25, 0.3) is 0 Å². The van der Waals surface area contributed by atoms with E-state index in [-0.39, 0.29) is 61.9 Å². The Hall–Kier alpha value is -5.82. The molecule has 1 aliphatic rings. The van der Waals surface area contributed by atoms with Gasteiger partial charge in [-0.2, -0.15) is 0 Å². The Morgan fingerprint density at radius 2 is 1.52 bits per heavy atom. The van der Waals surface area contributed by atoms with Crippen molar-refractivity contribution in [2.45, 2.75) is 96.2 Å². The zero-order chi connectivity index (χ0) is 40.2. The molecule has 10 N–H and O–H groups in total. The summed E-state index contributed by atoms with van der Waals surface area (Å²) in [7, 11) is 0. The van der Waals surface area contributed by atoms with Crippen molar-refractivity contribution in [3.8, 4) is 0 Å². The predicted molar refractivity (Wildman–Crippen MR) is 196 cm³/mol. The van der Waals surface area contributed by atoms with Gasteiger partial charge >= 0.3 is 5.97 Å². The molecular formula is C34H52N10O10. The van der Waals surface area contributed by atoms with E-state index in [1.54, 1.807) is 18.7 Å². The number of benzene rings is 1. The van der Waals surface area contributed by atoms with Crippen LogP contribution < -0.4 is 38.1 Å². The summed E-state index contributed by atoms with van der Waals surface area (Å²) in [5.41, 5.74) is 10.8. The van der Waals surface area contributed by atoms with Crippen LogP contribution in [0.4, 0.5) is 11.4 Å². The van der Waals surface area contributed by atoms with Crippen LogP contribution in [0.5, 0.6) is 0 Å². The molecule has 298 valence electrons. The van der Waals surface area contributed by atoms with E-state index >= 15 is 0 Å². The minimum absolute atomic E-state index is 0.0712. The van der Waals surface area contributed by atoms with Gasteiger partial charge in [0.1, 0.15) is 18.1 Å². The summed E-state index contributed by atoms with van der Waals surface area (Å²) >= 11 is 0. The van der Waals surface area contributed by atoms with E-state index in [0.717, 1.165) is 19.3 Å². The van der Waals surface area contributed by atoms with Gasteiger partial charge in [-0.15, -0.1) is 0 Å². The highest BCUT2D eigenvalue weighted by Crippen LogP contribution is 2.17. The number of nitro groups is 1. The first kappa shape index (κ1) is 44.3. The first-order valence-electron chi connectivity index (χ1n) is 17.9. The van der Waals surface area contributed by atoms with Crippen molar-refractivity contribution >= 4 is 58.7 Å². The van der Waals surface area contributed by atoms with E-state index in [2.05, 4.69) is 31.6 Å². The Morgan fingerprint density at radius 1 is 0.870 bits per heavy atom. The Kier molecular flexibility index (Phi) is 18.9. The standard InChI is InChI=1S/C34H52N10O10/c1-3-21(2)30(42-26(45)14-16-29(48)49)33(52)41-25(13-15-28(47)43-18-5-4-6-19-43)31(50)38-20-27(46)40-24(8-7-17-37-34(35)36)32(51)39-22-9-11-23(12-10-22)44(53)54/h9-12,21,24-25,30H,3-8,13-20H2,1-2H3,(H,38,50)(H,39,51)(H,40,46)(H,41,52)(H,42,45)(H,48,49)(H4,35,36,37)/t21-,24-,25-,30-/m0/s1. The first-order chi connectivity index (χ1) is 25.6. The molecule has 1 heterocycles. The van der Waals surface area contributed by atoms with Crippen molar-refractivity contribution in [1.82, 2.24) is 26.2 Å². The number of aliphatic imine (C=N–C) groups is 1. The molecule has 20 heteroatoms. The van der Waals surface area contributed by atoms with Gasteiger partial charge < -0.3 is 48.1 Å². The molecule has 54 heavy (non-hydrogen) atoms. The number of aliphatic carboxylic acids is 1. The molecule has 0 bridgehead atoms. The monoisotopic (exact) mass is 760 g/mol. The lowest BCUT2D eigenvalue weighted by Crippen LogP contribution is -2.56. The topological polar surface area (TPSA) is 311 Å². The number of anilines is 1. The summed E-state index contributed by atoms with van der Waals surface area (Å²) in [4.78, 5) is 106. The van der Waals surface area contributed by atoms with Gasteiger partial charge in [0.05, 0.1) is 17.9 Å². The average molecular weight is 761 g/mol. The van der Waals surface area contributed by atoms with Crippen LogP contribution in [0.2, 0.25) is 0 Å². The highest BCUT2D eigenvalue weighted by Gasteiger charge is 2.31. The maximum Gasteiger partial charge on any atom is 0.303 e. The number of carbonyl (C=O) groups is 7. The van der Waals surface area contributed by atoms with E-state index in [0.29, 0.717) is 19.5 Å². The van der Waals surface area contributed by atoms with Crippen molar-refractivity contribution in [3.63, 3.8) is 0 Å². The smallest absolute Gasteiger partial charge is 0.303 e. The lowest BCUT2D eigenvalue weighted by molar-refractivity contribution is -0.384. The normalized spacial score (nSPS) is 14.6. The molecule has 0 unspecified atom stereocenters. The number of guanidine groups is 1. The van der Waals surface area contributed by atoms with E-state index in [1.165, 1.54) is 24.3 Å². The average Bonchev–Trinajstić information content (AvgIpc) is 3.14. The highest BCUT2D eigenvalue weighted by atomic mass is 16.6. The van der Waals surface area contributed by atoms with Gasteiger partial charge in [0.25, 0.3) is 5.69 Å². The molecule has 0 saturated carbocycles. The summed E-state index contributed by atoms with van der Waals surface area (Å²) in [5.74, 6) is -5.59. The van der Waals surface area contributed by atoms with Gasteiger partial charge in [-0.3, -0.25) is 48.7 Å². The zero-order valence-corrected chi connectivity index (χ0v) is 30.6. The quantitative estimate of drug-likeness (QED) is 0.0252. The molecule has 1 aliphatic heterocycles. The molecular weight excluding hydrogens is 708 g/mol. The fourth-order valence-electron chi connectivity index (χ4n) is 5.47. The van der Waals surface area contributed by atoms with Crippen LogP contribution in [0.15, 0.2) is 29.3 Å². The van der Waals surface area contributed by atoms with Crippen LogP contribution in [-0.2, 0) is 33.6 Å². The second kappa shape index (κ2) is 23.0. The summed E-state index contributed by atoms with van der Waals surface area (Å²) in [6.45, 7) is 4.16. The van der Waals surface area contributed by atoms with E-state index in [9.17, 15) is 43.7 Å². The largest absolute Gasteiger partial charge is 0.481 e. The number of hydrogen-bond donors (Lipinski definition) is 8. The number of carboxylic acids is 1. The van der Waals surface area contributed by atoms with Crippen LogP contribution >= 0.6 is 0 Å². The highest BCUT2D eigenvalue weighted by molar-refractivity contribution is 5.98. The summed E-state index contributed by atoms with van der Waals surface area (Å²) in [5, 5.41) is 32.6. The SMILES string of the molecule is CC[C@H](C)[C@H](NC(=O)CCC(=O)O)C(=O)N[C@@H](CCC(=O)N1CCCCC1)C(=O)NCC(=O)N[C@@H](CCCN=C(N)N)C(=O)Nc1ccc([N+](=O)[O-])cc1. The van der Waals surface area contributed by atoms with E-state index in [1.807, 2.05) is 0 Å². The van der Waals surface area contributed by atoms with E-state index in [4.69, 9.17) is 16.6 Å². The number of nitrogens with two attached hydrogens (primary N) is 2. The van der Waals surface area contributed by atoms with Gasteiger partial charge in [-0.05, 0) is 56.6 Å². The van der Waals surface area contributed by atoms with Crippen molar-refractivity contribution in [2.75, 3.05) is 31.5 Å². The Balaban J connectivity index is 2.18. The van der Waals surface area contributed by atoms with Crippen LogP contribution in [-0.4, -0.2) is 107 Å². The molecule has 1 saturated heterocycles.